The van der Waals surface area contributed by atoms with Crippen molar-refractivity contribution in [2.75, 3.05) is 13.2 Å². The molecule has 0 saturated heterocycles. The quantitative estimate of drug-likeness (QED) is 0.410. The van der Waals surface area contributed by atoms with Crippen LogP contribution in [-0.4, -0.2) is 40.1 Å². The zero-order chi connectivity index (χ0) is 22.7. The fourth-order valence-electron chi connectivity index (χ4n) is 4.97. The van der Waals surface area contributed by atoms with Crippen LogP contribution in [-0.2, 0) is 15.3 Å². The molecule has 0 bridgehead atoms. The molecular formula is C25H28N2O5. The lowest BCUT2D eigenvalue weighted by molar-refractivity contribution is -0.384. The Hall–Kier alpha value is -3.03. The van der Waals surface area contributed by atoms with Crippen molar-refractivity contribution < 1.29 is 19.6 Å². The smallest absolute Gasteiger partial charge is 0.339 e. The Labute approximate surface area is 187 Å². The summed E-state index contributed by atoms with van der Waals surface area (Å²) in [7, 11) is 0. The van der Waals surface area contributed by atoms with Crippen molar-refractivity contribution in [1.82, 2.24) is 4.90 Å². The van der Waals surface area contributed by atoms with E-state index in [0.29, 0.717) is 23.2 Å². The molecular weight excluding hydrogens is 408 g/mol. The number of rotatable bonds is 6. The molecule has 1 atom stereocenters. The van der Waals surface area contributed by atoms with Crippen LogP contribution in [0.15, 0.2) is 60.2 Å². The second-order valence-corrected chi connectivity index (χ2v) is 8.34. The van der Waals surface area contributed by atoms with Gasteiger partial charge in [0, 0.05) is 30.3 Å². The van der Waals surface area contributed by atoms with Crippen LogP contribution < -0.4 is 0 Å². The minimum Gasteiger partial charge on any atom is -0.462 e. The molecule has 1 N–H and O–H groups in total. The maximum absolute atomic E-state index is 13.2. The molecule has 7 heteroatoms. The Bertz CT molecular complexity index is 1010. The van der Waals surface area contributed by atoms with Crippen molar-refractivity contribution in [3.63, 3.8) is 0 Å². The molecule has 1 fully saturated rings. The molecule has 2 aromatic carbocycles. The largest absolute Gasteiger partial charge is 0.462 e. The predicted octanol–water partition coefficient (Wildman–Crippen LogP) is 4.41. The number of carbonyl (C=O) groups excluding carboxylic acids is 1. The van der Waals surface area contributed by atoms with Crippen molar-refractivity contribution in [1.29, 1.82) is 0 Å². The summed E-state index contributed by atoms with van der Waals surface area (Å²) in [5, 5.41) is 23.4. The summed E-state index contributed by atoms with van der Waals surface area (Å²) in [6, 6.07) is 15.5. The maximum atomic E-state index is 13.2. The number of carbonyl (C=O) groups is 1. The van der Waals surface area contributed by atoms with Crippen LogP contribution in [0.3, 0.4) is 0 Å². The molecule has 32 heavy (non-hydrogen) atoms. The fourth-order valence-corrected chi connectivity index (χ4v) is 4.97. The standard InChI is InChI=1S/C25H28N2O5/c1-2-32-24(28)23-22(18-13-15-21(16-14-18)27(30)31)17-26(20-11-7-4-8-12-20)25(23,29)19-9-5-3-6-10-19/h3,5-6,9-10,13-16,20,29H,2,4,7-8,11-12,17H2,1H3. The Morgan fingerprint density at radius 1 is 1.12 bits per heavy atom. The van der Waals surface area contributed by atoms with Crippen LogP contribution in [0.25, 0.3) is 5.57 Å². The average molecular weight is 437 g/mol. The summed E-state index contributed by atoms with van der Waals surface area (Å²) in [6.07, 6.45) is 5.21. The van der Waals surface area contributed by atoms with Gasteiger partial charge in [-0.25, -0.2) is 4.79 Å². The summed E-state index contributed by atoms with van der Waals surface area (Å²) in [5.41, 5.74) is 0.483. The van der Waals surface area contributed by atoms with E-state index in [1.807, 2.05) is 35.2 Å². The molecule has 1 aliphatic heterocycles. The first-order chi connectivity index (χ1) is 15.5. The number of benzene rings is 2. The lowest BCUT2D eigenvalue weighted by Crippen LogP contribution is -2.51. The third-order valence-electron chi connectivity index (χ3n) is 6.49. The molecule has 168 valence electrons. The number of non-ortho nitro benzene ring substituents is 1. The van der Waals surface area contributed by atoms with Gasteiger partial charge in [0.05, 0.1) is 17.1 Å². The topological polar surface area (TPSA) is 92.9 Å². The number of hydrogen-bond donors (Lipinski definition) is 1. The van der Waals surface area contributed by atoms with E-state index in [0.717, 1.165) is 25.7 Å². The van der Waals surface area contributed by atoms with Crippen molar-refractivity contribution in [2.45, 2.75) is 50.8 Å². The zero-order valence-corrected chi connectivity index (χ0v) is 18.2. The van der Waals surface area contributed by atoms with E-state index in [1.54, 1.807) is 19.1 Å². The van der Waals surface area contributed by atoms with Gasteiger partial charge in [0.2, 0.25) is 0 Å². The molecule has 7 nitrogen and oxygen atoms in total. The van der Waals surface area contributed by atoms with Crippen LogP contribution >= 0.6 is 0 Å². The molecule has 1 saturated carbocycles. The van der Waals surface area contributed by atoms with Gasteiger partial charge in [0.25, 0.3) is 5.69 Å². The summed E-state index contributed by atoms with van der Waals surface area (Å²) < 4.78 is 5.40. The van der Waals surface area contributed by atoms with Crippen LogP contribution in [0.1, 0.15) is 50.2 Å². The first-order valence-electron chi connectivity index (χ1n) is 11.2. The van der Waals surface area contributed by atoms with E-state index in [2.05, 4.69) is 0 Å². The summed E-state index contributed by atoms with van der Waals surface area (Å²) in [5.74, 6) is -0.564. The molecule has 2 aromatic rings. The van der Waals surface area contributed by atoms with Crippen molar-refractivity contribution >= 4 is 17.2 Å². The van der Waals surface area contributed by atoms with E-state index >= 15 is 0 Å². The first-order valence-corrected chi connectivity index (χ1v) is 11.2. The molecule has 4 rings (SSSR count). The number of esters is 1. The Balaban J connectivity index is 1.88. The highest BCUT2D eigenvalue weighted by molar-refractivity contribution is 6.01. The van der Waals surface area contributed by atoms with Crippen molar-refractivity contribution in [3.8, 4) is 0 Å². The highest BCUT2D eigenvalue weighted by Gasteiger charge is 2.53. The van der Waals surface area contributed by atoms with Gasteiger partial charge >= 0.3 is 5.97 Å². The molecule has 0 radical (unpaired) electrons. The van der Waals surface area contributed by atoms with Crippen LogP contribution in [0.2, 0.25) is 0 Å². The van der Waals surface area contributed by atoms with E-state index < -0.39 is 16.6 Å². The van der Waals surface area contributed by atoms with Gasteiger partial charge in [-0.15, -0.1) is 0 Å². The SMILES string of the molecule is CCOC(=O)C1=C(c2ccc([N+](=O)[O-])cc2)CN(C2CCCCC2)C1(O)c1ccccc1. The van der Waals surface area contributed by atoms with Crippen LogP contribution in [0, 0.1) is 10.1 Å². The van der Waals surface area contributed by atoms with E-state index in [9.17, 15) is 20.0 Å². The first kappa shape index (κ1) is 22.2. The molecule has 0 aromatic heterocycles. The van der Waals surface area contributed by atoms with Crippen LogP contribution in [0.5, 0.6) is 0 Å². The number of ether oxygens (including phenoxy) is 1. The fraction of sp³-hybridized carbons (Fsp3) is 0.400. The molecule has 0 amide bonds. The van der Waals surface area contributed by atoms with Gasteiger partial charge < -0.3 is 9.84 Å². The van der Waals surface area contributed by atoms with Gasteiger partial charge in [-0.05, 0) is 43.0 Å². The second-order valence-electron chi connectivity index (χ2n) is 8.34. The lowest BCUT2D eigenvalue weighted by Gasteiger charge is -2.42. The van der Waals surface area contributed by atoms with Gasteiger partial charge in [0.15, 0.2) is 5.72 Å². The Morgan fingerprint density at radius 2 is 1.78 bits per heavy atom. The van der Waals surface area contributed by atoms with E-state index in [4.69, 9.17) is 4.74 Å². The predicted molar refractivity (Wildman–Crippen MR) is 121 cm³/mol. The van der Waals surface area contributed by atoms with Gasteiger partial charge in [-0.2, -0.15) is 0 Å². The highest BCUT2D eigenvalue weighted by Crippen LogP contribution is 2.48. The number of nitrogens with zero attached hydrogens (tertiary/aromatic N) is 2. The van der Waals surface area contributed by atoms with Gasteiger partial charge in [0.1, 0.15) is 0 Å². The van der Waals surface area contributed by atoms with Crippen LogP contribution in [0.4, 0.5) is 5.69 Å². The molecule has 2 aliphatic rings. The maximum Gasteiger partial charge on any atom is 0.339 e. The Morgan fingerprint density at radius 3 is 2.38 bits per heavy atom. The average Bonchev–Trinajstić information content (AvgIpc) is 3.14. The summed E-state index contributed by atoms with van der Waals surface area (Å²) in [6.45, 7) is 2.28. The number of aliphatic hydroxyl groups is 1. The summed E-state index contributed by atoms with van der Waals surface area (Å²) >= 11 is 0. The number of nitro groups is 1. The monoisotopic (exact) mass is 436 g/mol. The third kappa shape index (κ3) is 3.94. The third-order valence-corrected chi connectivity index (χ3v) is 6.49. The Kier molecular flexibility index (Phi) is 6.39. The second kappa shape index (κ2) is 9.22. The minimum absolute atomic E-state index is 0.0208. The van der Waals surface area contributed by atoms with Crippen molar-refractivity contribution in [3.05, 3.63) is 81.4 Å². The highest BCUT2D eigenvalue weighted by atomic mass is 16.6. The molecule has 1 unspecified atom stereocenters. The van der Waals surface area contributed by atoms with Gasteiger partial charge in [-0.1, -0.05) is 49.6 Å². The number of hydrogen-bond acceptors (Lipinski definition) is 6. The normalized spacial score (nSPS) is 22.2. The molecule has 1 heterocycles. The lowest BCUT2D eigenvalue weighted by atomic mass is 9.88. The zero-order valence-electron chi connectivity index (χ0n) is 18.2. The minimum atomic E-state index is -1.63. The number of nitro benzene ring substituents is 1. The molecule has 1 aliphatic carbocycles. The van der Waals surface area contributed by atoms with E-state index in [-0.39, 0.29) is 23.9 Å². The van der Waals surface area contributed by atoms with Gasteiger partial charge in [-0.3, -0.25) is 15.0 Å². The van der Waals surface area contributed by atoms with Crippen molar-refractivity contribution in [2.24, 2.45) is 0 Å². The van der Waals surface area contributed by atoms with E-state index in [1.165, 1.54) is 18.6 Å². The summed E-state index contributed by atoms with van der Waals surface area (Å²) in [4.78, 5) is 25.9. The molecule has 0 spiro atoms.